The summed E-state index contributed by atoms with van der Waals surface area (Å²) in [4.78, 5) is 12.3. The van der Waals surface area contributed by atoms with E-state index in [-0.39, 0.29) is 29.0 Å². The molecule has 8 heteroatoms. The van der Waals surface area contributed by atoms with E-state index in [1.807, 2.05) is 0 Å². The number of nitrogens with zero attached hydrogens (tertiary/aromatic N) is 1. The second kappa shape index (κ2) is 9.05. The number of halogens is 2. The summed E-state index contributed by atoms with van der Waals surface area (Å²) in [5.74, 6) is -1.85. The van der Waals surface area contributed by atoms with Crippen LogP contribution in [0.5, 0.6) is 0 Å². The molecule has 0 bridgehead atoms. The molecule has 0 aromatic heterocycles. The lowest BCUT2D eigenvalue weighted by Crippen LogP contribution is -2.31. The summed E-state index contributed by atoms with van der Waals surface area (Å²) in [6.45, 7) is 4.13. The van der Waals surface area contributed by atoms with E-state index in [1.165, 1.54) is 34.6 Å². The summed E-state index contributed by atoms with van der Waals surface area (Å²) in [6.07, 6.45) is -0.0122. The fourth-order valence-corrected chi connectivity index (χ4v) is 4.19. The van der Waals surface area contributed by atoms with Crippen molar-refractivity contribution in [3.8, 4) is 0 Å². The Kier molecular flexibility index (Phi) is 7.04. The number of benzene rings is 2. The third-order valence-corrected chi connectivity index (χ3v) is 6.21. The first-order valence-corrected chi connectivity index (χ1v) is 10.1. The monoisotopic (exact) mass is 396 g/mol. The number of carbonyl (C=O) groups is 1. The lowest BCUT2D eigenvalue weighted by Gasteiger charge is -2.18. The Balaban J connectivity index is 2.09. The summed E-state index contributed by atoms with van der Waals surface area (Å²) < 4.78 is 53.6. The lowest BCUT2D eigenvalue weighted by molar-refractivity contribution is 0.0953. The molecule has 0 aliphatic heterocycles. The Morgan fingerprint density at radius 3 is 2.22 bits per heavy atom. The van der Waals surface area contributed by atoms with Crippen LogP contribution in [0.15, 0.2) is 47.4 Å². The highest BCUT2D eigenvalue weighted by atomic mass is 32.2. The first kappa shape index (κ1) is 21.0. The molecular formula is C19H22F2N2O3S. The molecule has 0 saturated carbocycles. The summed E-state index contributed by atoms with van der Waals surface area (Å²) in [5.41, 5.74) is 0.0629. The number of amides is 1. The largest absolute Gasteiger partial charge is 0.352 e. The standard InChI is InChI=1S/C19H22F2N2O3S/c1-3-23(4-2)27(25,26)15-8-5-7-14(13-15)19(24)22-12-11-16-17(20)9-6-10-18(16)21/h5-10,13H,3-4,11-12H2,1-2H3,(H,22,24). The van der Waals surface area contributed by atoms with E-state index in [9.17, 15) is 22.0 Å². The van der Waals surface area contributed by atoms with Crippen molar-refractivity contribution in [1.29, 1.82) is 0 Å². The minimum atomic E-state index is -3.68. The van der Waals surface area contributed by atoms with Gasteiger partial charge in [-0.2, -0.15) is 4.31 Å². The summed E-state index contributed by atoms with van der Waals surface area (Å²) in [6, 6.07) is 9.28. The van der Waals surface area contributed by atoms with E-state index >= 15 is 0 Å². The van der Waals surface area contributed by atoms with Crippen LogP contribution in [-0.2, 0) is 16.4 Å². The van der Waals surface area contributed by atoms with Gasteiger partial charge in [0.15, 0.2) is 0 Å². The fraction of sp³-hybridized carbons (Fsp3) is 0.316. The zero-order chi connectivity index (χ0) is 20.0. The molecule has 0 fully saturated rings. The fourth-order valence-electron chi connectivity index (χ4n) is 2.68. The number of rotatable bonds is 8. The normalized spacial score (nSPS) is 11.6. The quantitative estimate of drug-likeness (QED) is 0.746. The van der Waals surface area contributed by atoms with Gasteiger partial charge in [0.2, 0.25) is 10.0 Å². The van der Waals surface area contributed by atoms with Gasteiger partial charge in [0, 0.05) is 30.8 Å². The predicted octanol–water partition coefficient (Wildman–Crippen LogP) is 2.97. The van der Waals surface area contributed by atoms with Crippen LogP contribution in [-0.4, -0.2) is 38.3 Å². The lowest BCUT2D eigenvalue weighted by atomic mass is 10.1. The van der Waals surface area contributed by atoms with Gasteiger partial charge in [0.1, 0.15) is 11.6 Å². The van der Waals surface area contributed by atoms with Gasteiger partial charge in [-0.3, -0.25) is 4.79 Å². The van der Waals surface area contributed by atoms with Crippen LogP contribution in [0.2, 0.25) is 0 Å². The van der Waals surface area contributed by atoms with Crippen LogP contribution in [0.4, 0.5) is 8.78 Å². The number of hydrogen-bond donors (Lipinski definition) is 1. The Hall–Kier alpha value is -2.32. The molecule has 0 unspecified atom stereocenters. The second-order valence-corrected chi connectivity index (χ2v) is 7.76. The number of hydrogen-bond acceptors (Lipinski definition) is 3. The Morgan fingerprint density at radius 2 is 1.63 bits per heavy atom. The molecule has 2 rings (SSSR count). The average Bonchev–Trinajstić information content (AvgIpc) is 2.65. The van der Waals surface area contributed by atoms with Gasteiger partial charge in [0.05, 0.1) is 4.90 Å². The Morgan fingerprint density at radius 1 is 1.04 bits per heavy atom. The van der Waals surface area contributed by atoms with E-state index in [2.05, 4.69) is 5.32 Å². The van der Waals surface area contributed by atoms with E-state index in [4.69, 9.17) is 0 Å². The van der Waals surface area contributed by atoms with Crippen LogP contribution < -0.4 is 5.32 Å². The molecule has 0 saturated heterocycles. The molecule has 5 nitrogen and oxygen atoms in total. The smallest absolute Gasteiger partial charge is 0.251 e. The zero-order valence-electron chi connectivity index (χ0n) is 15.2. The highest BCUT2D eigenvalue weighted by Crippen LogP contribution is 2.17. The molecule has 0 atom stereocenters. The maximum absolute atomic E-state index is 13.6. The molecule has 1 amide bonds. The molecule has 0 radical (unpaired) electrons. The number of carbonyl (C=O) groups excluding carboxylic acids is 1. The van der Waals surface area contributed by atoms with Gasteiger partial charge in [-0.25, -0.2) is 17.2 Å². The Bertz CT molecular complexity index is 893. The highest BCUT2D eigenvalue weighted by molar-refractivity contribution is 7.89. The molecule has 0 aliphatic rings. The van der Waals surface area contributed by atoms with Gasteiger partial charge in [-0.1, -0.05) is 26.0 Å². The SMILES string of the molecule is CCN(CC)S(=O)(=O)c1cccc(C(=O)NCCc2c(F)cccc2F)c1. The number of sulfonamides is 1. The van der Waals surface area contributed by atoms with Crippen molar-refractivity contribution >= 4 is 15.9 Å². The van der Waals surface area contributed by atoms with Gasteiger partial charge < -0.3 is 5.32 Å². The minimum absolute atomic E-state index is 0.0122. The molecule has 0 spiro atoms. The molecule has 27 heavy (non-hydrogen) atoms. The average molecular weight is 396 g/mol. The summed E-state index contributed by atoms with van der Waals surface area (Å²) in [5, 5.41) is 2.56. The maximum atomic E-state index is 13.6. The first-order chi connectivity index (χ1) is 12.8. The van der Waals surface area contributed by atoms with E-state index in [1.54, 1.807) is 13.8 Å². The summed E-state index contributed by atoms with van der Waals surface area (Å²) >= 11 is 0. The molecule has 0 aliphatic carbocycles. The van der Waals surface area contributed by atoms with Crippen LogP contribution in [0.25, 0.3) is 0 Å². The first-order valence-electron chi connectivity index (χ1n) is 8.62. The van der Waals surface area contributed by atoms with Gasteiger partial charge in [-0.15, -0.1) is 0 Å². The maximum Gasteiger partial charge on any atom is 0.251 e. The van der Waals surface area contributed by atoms with Gasteiger partial charge >= 0.3 is 0 Å². The number of nitrogens with one attached hydrogen (secondary N) is 1. The zero-order valence-corrected chi connectivity index (χ0v) is 16.0. The second-order valence-electron chi connectivity index (χ2n) is 5.82. The molecule has 146 valence electrons. The van der Waals surface area contributed by atoms with Crippen LogP contribution >= 0.6 is 0 Å². The van der Waals surface area contributed by atoms with Crippen molar-refractivity contribution in [3.05, 3.63) is 65.2 Å². The van der Waals surface area contributed by atoms with Crippen molar-refractivity contribution in [2.75, 3.05) is 19.6 Å². The highest BCUT2D eigenvalue weighted by Gasteiger charge is 2.22. The van der Waals surface area contributed by atoms with Gasteiger partial charge in [-0.05, 0) is 36.8 Å². The van der Waals surface area contributed by atoms with Crippen molar-refractivity contribution < 1.29 is 22.0 Å². The molecule has 0 heterocycles. The third kappa shape index (κ3) is 4.90. The van der Waals surface area contributed by atoms with Crippen molar-refractivity contribution in [2.45, 2.75) is 25.2 Å². The van der Waals surface area contributed by atoms with Gasteiger partial charge in [0.25, 0.3) is 5.91 Å². The van der Waals surface area contributed by atoms with E-state index in [0.717, 1.165) is 12.1 Å². The van der Waals surface area contributed by atoms with Crippen LogP contribution in [0, 0.1) is 11.6 Å². The van der Waals surface area contributed by atoms with Crippen LogP contribution in [0.3, 0.4) is 0 Å². The minimum Gasteiger partial charge on any atom is -0.352 e. The predicted molar refractivity (Wildman–Crippen MR) is 98.9 cm³/mol. The third-order valence-electron chi connectivity index (χ3n) is 4.16. The van der Waals surface area contributed by atoms with E-state index in [0.29, 0.717) is 13.1 Å². The molecular weight excluding hydrogens is 374 g/mol. The molecule has 1 N–H and O–H groups in total. The molecule has 2 aromatic carbocycles. The van der Waals surface area contributed by atoms with E-state index < -0.39 is 27.6 Å². The molecule has 2 aromatic rings. The summed E-state index contributed by atoms with van der Waals surface area (Å²) in [7, 11) is -3.68. The van der Waals surface area contributed by atoms with Crippen LogP contribution in [0.1, 0.15) is 29.8 Å². The van der Waals surface area contributed by atoms with Crippen molar-refractivity contribution in [2.24, 2.45) is 0 Å². The Labute approximate surface area is 158 Å². The topological polar surface area (TPSA) is 66.5 Å². The van der Waals surface area contributed by atoms with Crippen molar-refractivity contribution in [1.82, 2.24) is 9.62 Å². The van der Waals surface area contributed by atoms with Crippen molar-refractivity contribution in [3.63, 3.8) is 0 Å².